The van der Waals surface area contributed by atoms with Gasteiger partial charge < -0.3 is 9.47 Å². The lowest BCUT2D eigenvalue weighted by Gasteiger charge is -2.33. The molecule has 176 valence electrons. The van der Waals surface area contributed by atoms with Gasteiger partial charge in [0.15, 0.2) is 11.2 Å². The number of halogens is 2. The molecule has 0 saturated heterocycles. The summed E-state index contributed by atoms with van der Waals surface area (Å²) in [7, 11) is 1.65. The van der Waals surface area contributed by atoms with Crippen molar-refractivity contribution in [3.8, 4) is 0 Å². The lowest BCUT2D eigenvalue weighted by atomic mass is 10.1. The Balaban J connectivity index is 1.70. The molecule has 0 amide bonds. The fraction of sp³-hybridized carbons (Fsp3) is 0.320. The minimum atomic E-state index is -0.426. The minimum Gasteiger partial charge on any atom is -0.312 e. The van der Waals surface area contributed by atoms with E-state index < -0.39 is 5.69 Å². The van der Waals surface area contributed by atoms with Crippen molar-refractivity contribution in [2.45, 2.75) is 33.9 Å². The van der Waals surface area contributed by atoms with Gasteiger partial charge in [-0.2, -0.15) is 4.98 Å². The second-order valence-electron chi connectivity index (χ2n) is 9.16. The van der Waals surface area contributed by atoms with Crippen LogP contribution in [0.3, 0.4) is 0 Å². The zero-order chi connectivity index (χ0) is 24.3. The van der Waals surface area contributed by atoms with Crippen LogP contribution < -0.4 is 16.1 Å². The molecule has 0 N–H and O–H groups in total. The van der Waals surface area contributed by atoms with Crippen molar-refractivity contribution >= 4 is 46.0 Å². The van der Waals surface area contributed by atoms with E-state index in [2.05, 4.69) is 43.9 Å². The molecule has 4 aromatic rings. The molecule has 7 nitrogen and oxygen atoms in total. The first-order valence-corrected chi connectivity index (χ1v) is 11.9. The molecule has 5 rings (SSSR count). The molecule has 1 aliphatic heterocycles. The molecule has 34 heavy (non-hydrogen) atoms. The SMILES string of the molecule is Cc1ccc(N2C[C@H](C)Cn3c2nc2c3c(=O)n(Cc3ccc(Cl)c(Cl)c3)c(=O)n2C)cc1C. The Bertz CT molecular complexity index is 1570. The summed E-state index contributed by atoms with van der Waals surface area (Å²) in [5, 5.41) is 0.802. The van der Waals surface area contributed by atoms with Gasteiger partial charge in [-0.1, -0.05) is 42.3 Å². The Morgan fingerprint density at radius 3 is 2.47 bits per heavy atom. The van der Waals surface area contributed by atoms with E-state index in [0.717, 1.165) is 17.8 Å². The lowest BCUT2D eigenvalue weighted by molar-refractivity contribution is 0.458. The highest BCUT2D eigenvalue weighted by atomic mass is 35.5. The van der Waals surface area contributed by atoms with Crippen LogP contribution in [0.15, 0.2) is 46.0 Å². The van der Waals surface area contributed by atoms with Crippen LogP contribution in [-0.4, -0.2) is 25.2 Å². The zero-order valence-electron chi connectivity index (χ0n) is 19.5. The first-order valence-electron chi connectivity index (χ1n) is 11.1. The molecule has 0 unspecified atom stereocenters. The maximum absolute atomic E-state index is 13.7. The van der Waals surface area contributed by atoms with Gasteiger partial charge in [0.25, 0.3) is 5.56 Å². The van der Waals surface area contributed by atoms with Crippen molar-refractivity contribution < 1.29 is 0 Å². The normalized spacial score (nSPS) is 15.7. The van der Waals surface area contributed by atoms with Gasteiger partial charge in [0.2, 0.25) is 5.95 Å². The van der Waals surface area contributed by atoms with Crippen molar-refractivity contribution in [3.05, 3.63) is 84.0 Å². The number of anilines is 2. The van der Waals surface area contributed by atoms with Gasteiger partial charge in [0.05, 0.1) is 16.6 Å². The zero-order valence-corrected chi connectivity index (χ0v) is 21.0. The van der Waals surface area contributed by atoms with Gasteiger partial charge in [-0.15, -0.1) is 0 Å². The van der Waals surface area contributed by atoms with E-state index in [0.29, 0.717) is 33.7 Å². The first kappa shape index (κ1) is 22.7. The number of hydrogen-bond acceptors (Lipinski definition) is 4. The summed E-state index contributed by atoms with van der Waals surface area (Å²) in [6, 6.07) is 11.4. The highest BCUT2D eigenvalue weighted by Gasteiger charge is 2.30. The Morgan fingerprint density at radius 2 is 1.76 bits per heavy atom. The van der Waals surface area contributed by atoms with Crippen LogP contribution in [0.2, 0.25) is 10.0 Å². The molecule has 0 spiro atoms. The summed E-state index contributed by atoms with van der Waals surface area (Å²) in [6.07, 6.45) is 0. The van der Waals surface area contributed by atoms with E-state index >= 15 is 0 Å². The van der Waals surface area contributed by atoms with E-state index in [4.69, 9.17) is 28.2 Å². The van der Waals surface area contributed by atoms with Crippen molar-refractivity contribution in [1.82, 2.24) is 18.7 Å². The lowest BCUT2D eigenvalue weighted by Crippen LogP contribution is -2.40. The third-order valence-corrected chi connectivity index (χ3v) is 7.31. The number of imidazole rings is 1. The van der Waals surface area contributed by atoms with Gasteiger partial charge in [-0.25, -0.2) is 4.79 Å². The maximum Gasteiger partial charge on any atom is 0.332 e. The molecule has 0 aliphatic carbocycles. The summed E-state index contributed by atoms with van der Waals surface area (Å²) in [5.41, 5.74) is 4.17. The van der Waals surface area contributed by atoms with E-state index in [1.165, 1.54) is 20.3 Å². The quantitative estimate of drug-likeness (QED) is 0.412. The van der Waals surface area contributed by atoms with Crippen molar-refractivity contribution in [2.24, 2.45) is 13.0 Å². The number of benzene rings is 2. The fourth-order valence-corrected chi connectivity index (χ4v) is 4.90. The molecular formula is C25H25Cl2N5O2. The van der Waals surface area contributed by atoms with E-state index in [1.54, 1.807) is 25.2 Å². The molecule has 3 heterocycles. The monoisotopic (exact) mass is 497 g/mol. The molecule has 0 radical (unpaired) electrons. The van der Waals surface area contributed by atoms with Crippen LogP contribution in [0.25, 0.3) is 11.2 Å². The molecule has 0 bridgehead atoms. The smallest absolute Gasteiger partial charge is 0.312 e. The van der Waals surface area contributed by atoms with Gasteiger partial charge in [-0.3, -0.25) is 13.9 Å². The topological polar surface area (TPSA) is 65.1 Å². The molecule has 0 saturated carbocycles. The van der Waals surface area contributed by atoms with Crippen LogP contribution >= 0.6 is 23.2 Å². The molecule has 0 fully saturated rings. The number of fused-ring (bicyclic) bond motifs is 3. The standard InChI is InChI=1S/C25H25Cl2N5O2/c1-14-11-30(18-7-5-15(2)16(3)9-18)24-28-22-21(31(24)12-14)23(33)32(25(34)29(22)4)13-17-6-8-19(26)20(27)10-17/h5-10,14H,11-13H2,1-4H3/t14-/m0/s1. The average molecular weight is 498 g/mol. The van der Waals surface area contributed by atoms with Crippen molar-refractivity contribution in [1.29, 1.82) is 0 Å². The van der Waals surface area contributed by atoms with Gasteiger partial charge >= 0.3 is 5.69 Å². The Morgan fingerprint density at radius 1 is 1.00 bits per heavy atom. The summed E-state index contributed by atoms with van der Waals surface area (Å²) >= 11 is 12.2. The van der Waals surface area contributed by atoms with Gasteiger partial charge in [-0.05, 0) is 60.7 Å². The number of nitrogens with zero attached hydrogens (tertiary/aromatic N) is 5. The molecule has 1 aliphatic rings. The van der Waals surface area contributed by atoms with Crippen LogP contribution in [0, 0.1) is 19.8 Å². The van der Waals surface area contributed by atoms with Gasteiger partial charge in [0, 0.05) is 25.8 Å². The number of aromatic nitrogens is 4. The van der Waals surface area contributed by atoms with Crippen molar-refractivity contribution in [2.75, 3.05) is 11.4 Å². The highest BCUT2D eigenvalue weighted by molar-refractivity contribution is 6.42. The second kappa shape index (κ2) is 8.32. The first-order chi connectivity index (χ1) is 16.2. The summed E-state index contributed by atoms with van der Waals surface area (Å²) in [6.45, 7) is 7.83. The van der Waals surface area contributed by atoms with Crippen LogP contribution in [-0.2, 0) is 20.1 Å². The second-order valence-corrected chi connectivity index (χ2v) is 9.97. The van der Waals surface area contributed by atoms with E-state index in [1.807, 2.05) is 4.57 Å². The van der Waals surface area contributed by atoms with Crippen LogP contribution in [0.4, 0.5) is 11.6 Å². The number of hydrogen-bond donors (Lipinski definition) is 0. The summed E-state index contributed by atoms with van der Waals surface area (Å²) < 4.78 is 4.63. The summed E-state index contributed by atoms with van der Waals surface area (Å²) in [4.78, 5) is 33.8. The van der Waals surface area contributed by atoms with Crippen LogP contribution in [0.5, 0.6) is 0 Å². The van der Waals surface area contributed by atoms with Crippen molar-refractivity contribution in [3.63, 3.8) is 0 Å². The molecular weight excluding hydrogens is 473 g/mol. The molecule has 2 aromatic heterocycles. The van der Waals surface area contributed by atoms with Gasteiger partial charge in [0.1, 0.15) is 0 Å². The largest absolute Gasteiger partial charge is 0.332 e. The predicted molar refractivity (Wildman–Crippen MR) is 137 cm³/mol. The summed E-state index contributed by atoms with van der Waals surface area (Å²) in [5.74, 6) is 0.961. The maximum atomic E-state index is 13.7. The minimum absolute atomic E-state index is 0.0925. The molecule has 9 heteroatoms. The number of rotatable bonds is 3. The molecule has 1 atom stereocenters. The highest BCUT2D eigenvalue weighted by Crippen LogP contribution is 2.33. The van der Waals surface area contributed by atoms with Crippen LogP contribution in [0.1, 0.15) is 23.6 Å². The predicted octanol–water partition coefficient (Wildman–Crippen LogP) is 4.66. The Hall–Kier alpha value is -3.03. The van der Waals surface area contributed by atoms with E-state index in [9.17, 15) is 9.59 Å². The average Bonchev–Trinajstić information content (AvgIpc) is 3.18. The Kier molecular flexibility index (Phi) is 5.57. The fourth-order valence-electron chi connectivity index (χ4n) is 4.58. The number of aryl methyl sites for hydroxylation is 3. The Labute approximate surface area is 206 Å². The molecule has 2 aromatic carbocycles. The third kappa shape index (κ3) is 3.63. The third-order valence-electron chi connectivity index (χ3n) is 6.57. The van der Waals surface area contributed by atoms with E-state index in [-0.39, 0.29) is 18.0 Å².